The highest BCUT2D eigenvalue weighted by Gasteiger charge is 2.32. The Morgan fingerprint density at radius 1 is 1.62 bits per heavy atom. The second-order valence-electron chi connectivity index (χ2n) is 4.20. The first kappa shape index (κ1) is 10.8. The Labute approximate surface area is 93.0 Å². The fourth-order valence-electron chi connectivity index (χ4n) is 1.75. The zero-order valence-corrected chi connectivity index (χ0v) is 8.85. The molecule has 3 N–H and O–H groups in total. The number of nitro groups is 1. The van der Waals surface area contributed by atoms with Crippen molar-refractivity contribution >= 4 is 11.5 Å². The molecule has 0 unspecified atom stereocenters. The summed E-state index contributed by atoms with van der Waals surface area (Å²) in [4.78, 5) is 14.2. The molecule has 1 aromatic rings. The largest absolute Gasteiger partial charge is 0.362 e. The van der Waals surface area contributed by atoms with Gasteiger partial charge in [0.2, 0.25) is 5.82 Å². The smallest absolute Gasteiger partial charge is 0.311 e. The van der Waals surface area contributed by atoms with E-state index in [-0.39, 0.29) is 11.2 Å². The van der Waals surface area contributed by atoms with Crippen LogP contribution < -0.4 is 11.1 Å². The molecule has 6 nitrogen and oxygen atoms in total. The van der Waals surface area contributed by atoms with Crippen molar-refractivity contribution in [2.45, 2.75) is 24.8 Å². The second kappa shape index (κ2) is 4.05. The van der Waals surface area contributed by atoms with Gasteiger partial charge in [-0.05, 0) is 25.3 Å². The van der Waals surface area contributed by atoms with Crippen LogP contribution in [0.3, 0.4) is 0 Å². The molecule has 0 aliphatic heterocycles. The zero-order chi connectivity index (χ0) is 11.6. The van der Waals surface area contributed by atoms with Crippen LogP contribution in [0.1, 0.15) is 19.3 Å². The quantitative estimate of drug-likeness (QED) is 0.591. The fourth-order valence-corrected chi connectivity index (χ4v) is 1.75. The van der Waals surface area contributed by atoms with Gasteiger partial charge in [0.05, 0.1) is 4.92 Å². The van der Waals surface area contributed by atoms with Gasteiger partial charge in [0, 0.05) is 24.3 Å². The molecule has 86 valence electrons. The Hall–Kier alpha value is -1.69. The third-order valence-electron chi connectivity index (χ3n) is 2.94. The van der Waals surface area contributed by atoms with E-state index in [4.69, 9.17) is 5.73 Å². The molecule has 6 heteroatoms. The lowest BCUT2D eigenvalue weighted by molar-refractivity contribution is -0.384. The summed E-state index contributed by atoms with van der Waals surface area (Å²) >= 11 is 0. The minimum Gasteiger partial charge on any atom is -0.362 e. The van der Waals surface area contributed by atoms with E-state index >= 15 is 0 Å². The van der Waals surface area contributed by atoms with Gasteiger partial charge in [-0.2, -0.15) is 0 Å². The third kappa shape index (κ3) is 2.11. The minimum atomic E-state index is -0.445. The maximum absolute atomic E-state index is 10.7. The van der Waals surface area contributed by atoms with E-state index in [0.717, 1.165) is 19.3 Å². The summed E-state index contributed by atoms with van der Waals surface area (Å²) in [5.41, 5.74) is 5.79. The lowest BCUT2D eigenvalue weighted by Gasteiger charge is -2.38. The Bertz CT molecular complexity index is 404. The zero-order valence-electron chi connectivity index (χ0n) is 8.85. The Morgan fingerprint density at radius 3 is 2.94 bits per heavy atom. The van der Waals surface area contributed by atoms with E-state index in [1.807, 2.05) is 0 Å². The standard InChI is InChI=1S/C10H14N4O2/c11-10(4-2-5-10)7-13-9-8(14(15)16)3-1-6-12-9/h1,3,6H,2,4-5,7,11H2,(H,12,13). The highest BCUT2D eigenvalue weighted by Crippen LogP contribution is 2.30. The third-order valence-corrected chi connectivity index (χ3v) is 2.94. The van der Waals surface area contributed by atoms with Gasteiger partial charge in [-0.1, -0.05) is 0 Å². The van der Waals surface area contributed by atoms with E-state index in [0.29, 0.717) is 12.4 Å². The first-order chi connectivity index (χ1) is 7.61. The number of nitrogens with two attached hydrogens (primary N) is 1. The highest BCUT2D eigenvalue weighted by atomic mass is 16.6. The number of nitrogens with zero attached hydrogens (tertiary/aromatic N) is 2. The monoisotopic (exact) mass is 222 g/mol. The summed E-state index contributed by atoms with van der Waals surface area (Å²) in [5.74, 6) is 0.296. The highest BCUT2D eigenvalue weighted by molar-refractivity contribution is 5.55. The van der Waals surface area contributed by atoms with E-state index in [2.05, 4.69) is 10.3 Å². The fraction of sp³-hybridized carbons (Fsp3) is 0.500. The molecule has 1 aliphatic rings. The normalized spacial score (nSPS) is 17.6. The van der Waals surface area contributed by atoms with Crippen LogP contribution in [0.5, 0.6) is 0 Å². The summed E-state index contributed by atoms with van der Waals surface area (Å²) in [6.45, 7) is 0.533. The molecule has 1 saturated carbocycles. The van der Waals surface area contributed by atoms with Crippen LogP contribution in [0.15, 0.2) is 18.3 Å². The molecule has 0 amide bonds. The number of hydrogen-bond donors (Lipinski definition) is 2. The summed E-state index contributed by atoms with van der Waals surface area (Å²) in [6.07, 6.45) is 4.57. The van der Waals surface area contributed by atoms with Gasteiger partial charge in [0.1, 0.15) is 0 Å². The molecule has 0 bridgehead atoms. The van der Waals surface area contributed by atoms with Crippen LogP contribution in [0.25, 0.3) is 0 Å². The van der Waals surface area contributed by atoms with Crippen LogP contribution in [0, 0.1) is 10.1 Å². The van der Waals surface area contributed by atoms with Gasteiger partial charge in [0.25, 0.3) is 0 Å². The van der Waals surface area contributed by atoms with E-state index in [1.165, 1.54) is 12.3 Å². The molecule has 16 heavy (non-hydrogen) atoms. The predicted molar refractivity (Wildman–Crippen MR) is 60.2 cm³/mol. The maximum Gasteiger partial charge on any atom is 0.311 e. The van der Waals surface area contributed by atoms with Crippen molar-refractivity contribution < 1.29 is 4.92 Å². The first-order valence-corrected chi connectivity index (χ1v) is 5.23. The number of hydrogen-bond acceptors (Lipinski definition) is 5. The van der Waals surface area contributed by atoms with Crippen molar-refractivity contribution in [3.63, 3.8) is 0 Å². The molecule has 0 atom stereocenters. The number of rotatable bonds is 4. The molecule has 1 aromatic heterocycles. The van der Waals surface area contributed by atoms with Crippen molar-refractivity contribution in [1.29, 1.82) is 0 Å². The molecule has 1 aliphatic carbocycles. The van der Waals surface area contributed by atoms with Crippen molar-refractivity contribution in [2.24, 2.45) is 5.73 Å². The van der Waals surface area contributed by atoms with E-state index in [1.54, 1.807) is 6.07 Å². The SMILES string of the molecule is NC1(CNc2ncccc2[N+](=O)[O-])CCC1. The van der Waals surface area contributed by atoms with Gasteiger partial charge in [-0.25, -0.2) is 4.98 Å². The van der Waals surface area contributed by atoms with Crippen molar-refractivity contribution in [3.05, 3.63) is 28.4 Å². The maximum atomic E-state index is 10.7. The van der Waals surface area contributed by atoms with Crippen LogP contribution in [-0.4, -0.2) is 22.0 Å². The van der Waals surface area contributed by atoms with E-state index in [9.17, 15) is 10.1 Å². The number of nitrogens with one attached hydrogen (secondary N) is 1. The van der Waals surface area contributed by atoms with Gasteiger partial charge >= 0.3 is 5.69 Å². The van der Waals surface area contributed by atoms with Gasteiger partial charge in [-0.3, -0.25) is 10.1 Å². The summed E-state index contributed by atoms with van der Waals surface area (Å²) in [7, 11) is 0. The van der Waals surface area contributed by atoms with Crippen LogP contribution in [0.4, 0.5) is 11.5 Å². The van der Waals surface area contributed by atoms with Gasteiger partial charge in [-0.15, -0.1) is 0 Å². The van der Waals surface area contributed by atoms with Crippen molar-refractivity contribution in [2.75, 3.05) is 11.9 Å². The number of aromatic nitrogens is 1. The molecule has 0 aromatic carbocycles. The summed E-state index contributed by atoms with van der Waals surface area (Å²) in [5, 5.41) is 13.7. The number of pyridine rings is 1. The molecule has 1 heterocycles. The van der Waals surface area contributed by atoms with Crippen LogP contribution in [-0.2, 0) is 0 Å². The Morgan fingerprint density at radius 2 is 2.38 bits per heavy atom. The molecule has 0 spiro atoms. The van der Waals surface area contributed by atoms with Crippen molar-refractivity contribution in [3.8, 4) is 0 Å². The second-order valence-corrected chi connectivity index (χ2v) is 4.20. The molecule has 0 radical (unpaired) electrons. The lowest BCUT2D eigenvalue weighted by Crippen LogP contribution is -2.52. The molecule has 0 saturated heterocycles. The summed E-state index contributed by atoms with van der Waals surface area (Å²) < 4.78 is 0. The lowest BCUT2D eigenvalue weighted by atomic mass is 9.78. The average Bonchev–Trinajstić information content (AvgIpc) is 2.24. The molecule has 1 fully saturated rings. The topological polar surface area (TPSA) is 94.1 Å². The minimum absolute atomic E-state index is 0.00887. The van der Waals surface area contributed by atoms with Crippen LogP contribution >= 0.6 is 0 Å². The number of anilines is 1. The summed E-state index contributed by atoms with van der Waals surface area (Å²) in [6, 6.07) is 2.98. The van der Waals surface area contributed by atoms with Crippen molar-refractivity contribution in [1.82, 2.24) is 4.98 Å². The molecular formula is C10H14N4O2. The van der Waals surface area contributed by atoms with E-state index < -0.39 is 4.92 Å². The van der Waals surface area contributed by atoms with Gasteiger partial charge in [0.15, 0.2) is 0 Å². The first-order valence-electron chi connectivity index (χ1n) is 5.23. The Kier molecular flexibility index (Phi) is 2.74. The molecule has 2 rings (SSSR count). The molecular weight excluding hydrogens is 208 g/mol. The van der Waals surface area contributed by atoms with Gasteiger partial charge < -0.3 is 11.1 Å². The Balaban J connectivity index is 2.06. The predicted octanol–water partition coefficient (Wildman–Crippen LogP) is 1.28. The van der Waals surface area contributed by atoms with Crippen LogP contribution in [0.2, 0.25) is 0 Å². The average molecular weight is 222 g/mol.